The van der Waals surface area contributed by atoms with Crippen molar-refractivity contribution in [1.82, 2.24) is 4.90 Å². The summed E-state index contributed by atoms with van der Waals surface area (Å²) in [6.45, 7) is 0.542. The minimum atomic E-state index is 0.0777. The van der Waals surface area contributed by atoms with E-state index in [0.717, 1.165) is 10.4 Å². The molecule has 21 heavy (non-hydrogen) atoms. The van der Waals surface area contributed by atoms with E-state index >= 15 is 0 Å². The van der Waals surface area contributed by atoms with E-state index in [-0.39, 0.29) is 5.91 Å². The third-order valence-corrected chi connectivity index (χ3v) is 4.67. The van der Waals surface area contributed by atoms with Gasteiger partial charge in [-0.2, -0.15) is 5.10 Å². The number of rotatable bonds is 4. The molecule has 6 heteroatoms. The maximum Gasteiger partial charge on any atom is 0.239 e. The van der Waals surface area contributed by atoms with Gasteiger partial charge in [-0.15, -0.1) is 16.4 Å². The van der Waals surface area contributed by atoms with Crippen molar-refractivity contribution in [1.29, 1.82) is 0 Å². The number of nitrogens with zero attached hydrogens (tertiary/aromatic N) is 3. The topological polar surface area (TPSA) is 45.0 Å². The van der Waals surface area contributed by atoms with Gasteiger partial charge in [0, 0.05) is 4.88 Å². The van der Waals surface area contributed by atoms with Gasteiger partial charge in [0.15, 0.2) is 5.17 Å². The molecule has 2 heterocycles. The fourth-order valence-corrected chi connectivity index (χ4v) is 3.31. The fourth-order valence-electron chi connectivity index (χ4n) is 1.89. The molecule has 0 N–H and O–H groups in total. The molecule has 0 spiro atoms. The largest absolute Gasteiger partial charge is 0.285 e. The molecular weight excluding hydrogens is 302 g/mol. The Kier molecular flexibility index (Phi) is 4.47. The van der Waals surface area contributed by atoms with E-state index in [1.54, 1.807) is 22.5 Å². The van der Waals surface area contributed by atoms with Gasteiger partial charge in [0.05, 0.1) is 18.5 Å². The van der Waals surface area contributed by atoms with E-state index in [9.17, 15) is 4.79 Å². The number of benzene rings is 1. The Bertz CT molecular complexity index is 665. The van der Waals surface area contributed by atoms with Crippen molar-refractivity contribution in [2.45, 2.75) is 6.54 Å². The first-order chi connectivity index (χ1) is 10.3. The monoisotopic (exact) mass is 315 g/mol. The summed E-state index contributed by atoms with van der Waals surface area (Å²) in [5.74, 6) is 0.508. The first kappa shape index (κ1) is 14.0. The van der Waals surface area contributed by atoms with Crippen LogP contribution in [0.15, 0.2) is 58.0 Å². The molecule has 4 nitrogen and oxygen atoms in total. The lowest BCUT2D eigenvalue weighted by molar-refractivity contribution is -0.124. The predicted octanol–water partition coefficient (Wildman–Crippen LogP) is 3.21. The normalized spacial score (nSPS) is 17.2. The first-order valence-corrected chi connectivity index (χ1v) is 8.31. The Morgan fingerprint density at radius 3 is 2.81 bits per heavy atom. The third kappa shape index (κ3) is 3.59. The number of thioether (sulfide) groups is 1. The number of hydrogen-bond acceptors (Lipinski definition) is 5. The highest BCUT2D eigenvalue weighted by Crippen LogP contribution is 2.22. The Morgan fingerprint density at radius 2 is 2.05 bits per heavy atom. The summed E-state index contributed by atoms with van der Waals surface area (Å²) in [5, 5.41) is 10.9. The number of carbonyl (C=O) groups excluding carboxylic acids is 1. The highest BCUT2D eigenvalue weighted by Gasteiger charge is 2.28. The lowest BCUT2D eigenvalue weighted by atomic mass is 10.2. The van der Waals surface area contributed by atoms with Gasteiger partial charge in [0.1, 0.15) is 0 Å². The smallest absolute Gasteiger partial charge is 0.239 e. The standard InChI is InChI=1S/C15H13N3OS2/c19-14-11-21-15(17-16-9-13-7-4-8-20-13)18(14)10-12-5-2-1-3-6-12/h1-9H,10-11H2/b16-9-,17-15-. The van der Waals surface area contributed by atoms with Gasteiger partial charge in [0.25, 0.3) is 0 Å². The highest BCUT2D eigenvalue weighted by atomic mass is 32.2. The Balaban J connectivity index is 1.73. The first-order valence-electron chi connectivity index (χ1n) is 6.44. The number of carbonyl (C=O) groups is 1. The van der Waals surface area contributed by atoms with Crippen LogP contribution in [0.2, 0.25) is 0 Å². The third-order valence-electron chi connectivity index (χ3n) is 2.91. The average Bonchev–Trinajstić information content (AvgIpc) is 3.13. The summed E-state index contributed by atoms with van der Waals surface area (Å²) < 4.78 is 0. The van der Waals surface area contributed by atoms with Crippen LogP contribution in [0.4, 0.5) is 0 Å². The van der Waals surface area contributed by atoms with Gasteiger partial charge in [-0.1, -0.05) is 48.2 Å². The minimum Gasteiger partial charge on any atom is -0.285 e. The molecule has 1 saturated heterocycles. The van der Waals surface area contributed by atoms with Crippen LogP contribution in [-0.4, -0.2) is 27.9 Å². The van der Waals surface area contributed by atoms with E-state index in [2.05, 4.69) is 10.2 Å². The van der Waals surface area contributed by atoms with Crippen LogP contribution in [0, 0.1) is 0 Å². The van der Waals surface area contributed by atoms with Crippen molar-refractivity contribution < 1.29 is 4.79 Å². The quantitative estimate of drug-likeness (QED) is 0.642. The van der Waals surface area contributed by atoms with Crippen molar-refractivity contribution in [3.05, 3.63) is 58.3 Å². The molecule has 0 saturated carbocycles. The number of amides is 1. The van der Waals surface area contributed by atoms with Gasteiger partial charge in [-0.25, -0.2) is 0 Å². The van der Waals surface area contributed by atoms with Crippen LogP contribution < -0.4 is 0 Å². The molecule has 106 valence electrons. The second-order valence-corrected chi connectivity index (χ2v) is 6.32. The molecule has 0 radical (unpaired) electrons. The van der Waals surface area contributed by atoms with Crippen LogP contribution in [0.5, 0.6) is 0 Å². The van der Waals surface area contributed by atoms with E-state index in [4.69, 9.17) is 0 Å². The molecule has 1 amide bonds. The van der Waals surface area contributed by atoms with E-state index < -0.39 is 0 Å². The summed E-state index contributed by atoms with van der Waals surface area (Å²) in [6.07, 6.45) is 1.71. The summed E-state index contributed by atoms with van der Waals surface area (Å²) in [6, 6.07) is 13.8. The Morgan fingerprint density at radius 1 is 1.19 bits per heavy atom. The van der Waals surface area contributed by atoms with Gasteiger partial charge in [-0.05, 0) is 17.0 Å². The number of hydrogen-bond donors (Lipinski definition) is 0. The van der Waals surface area contributed by atoms with Crippen LogP contribution in [0.25, 0.3) is 0 Å². The maximum atomic E-state index is 12.0. The van der Waals surface area contributed by atoms with Gasteiger partial charge < -0.3 is 0 Å². The van der Waals surface area contributed by atoms with Gasteiger partial charge in [0.2, 0.25) is 5.91 Å². The van der Waals surface area contributed by atoms with Gasteiger partial charge >= 0.3 is 0 Å². The van der Waals surface area contributed by atoms with Crippen molar-refractivity contribution in [3.8, 4) is 0 Å². The molecule has 0 unspecified atom stereocenters. The predicted molar refractivity (Wildman–Crippen MR) is 88.8 cm³/mol. The van der Waals surface area contributed by atoms with E-state index in [1.807, 2.05) is 47.8 Å². The number of amidine groups is 1. The molecule has 0 bridgehead atoms. The summed E-state index contributed by atoms with van der Waals surface area (Å²) in [4.78, 5) is 14.7. The maximum absolute atomic E-state index is 12.0. The van der Waals surface area contributed by atoms with Crippen LogP contribution in [0.3, 0.4) is 0 Å². The second-order valence-electron chi connectivity index (χ2n) is 4.40. The Labute approximate surface area is 131 Å². The zero-order valence-corrected chi connectivity index (χ0v) is 12.8. The molecule has 0 aliphatic carbocycles. The van der Waals surface area contributed by atoms with Crippen LogP contribution >= 0.6 is 23.1 Å². The summed E-state index contributed by atoms with van der Waals surface area (Å²) >= 11 is 3.03. The van der Waals surface area contributed by atoms with Crippen molar-refractivity contribution in [3.63, 3.8) is 0 Å². The summed E-state index contributed by atoms with van der Waals surface area (Å²) in [7, 11) is 0. The minimum absolute atomic E-state index is 0.0777. The Hall–Kier alpha value is -1.92. The van der Waals surface area contributed by atoms with Crippen LogP contribution in [-0.2, 0) is 11.3 Å². The van der Waals surface area contributed by atoms with Crippen molar-refractivity contribution in [2.24, 2.45) is 10.2 Å². The number of thiophene rings is 1. The van der Waals surface area contributed by atoms with E-state index in [1.165, 1.54) is 11.8 Å². The lowest BCUT2D eigenvalue weighted by Gasteiger charge is -2.14. The zero-order valence-electron chi connectivity index (χ0n) is 11.2. The zero-order chi connectivity index (χ0) is 14.5. The van der Waals surface area contributed by atoms with Gasteiger partial charge in [-0.3, -0.25) is 9.69 Å². The SMILES string of the molecule is O=C1CS/C(=N\N=C/c2cccs2)N1Cc1ccccc1. The molecule has 2 aromatic rings. The molecule has 1 fully saturated rings. The van der Waals surface area contributed by atoms with E-state index in [0.29, 0.717) is 17.5 Å². The molecule has 1 aromatic carbocycles. The molecule has 0 atom stereocenters. The fraction of sp³-hybridized carbons (Fsp3) is 0.133. The molecular formula is C15H13N3OS2. The van der Waals surface area contributed by atoms with Crippen molar-refractivity contribution >= 4 is 40.4 Å². The highest BCUT2D eigenvalue weighted by molar-refractivity contribution is 8.15. The molecule has 1 aromatic heterocycles. The van der Waals surface area contributed by atoms with Crippen LogP contribution in [0.1, 0.15) is 10.4 Å². The van der Waals surface area contributed by atoms with Crippen molar-refractivity contribution in [2.75, 3.05) is 5.75 Å². The second kappa shape index (κ2) is 6.69. The lowest BCUT2D eigenvalue weighted by Crippen LogP contribution is -2.28. The average molecular weight is 315 g/mol. The summed E-state index contributed by atoms with van der Waals surface area (Å²) in [5.41, 5.74) is 1.09. The molecule has 1 aliphatic rings. The molecule has 3 rings (SSSR count). The molecule has 1 aliphatic heterocycles.